The maximum Gasteiger partial charge on any atom is 0.352 e. The zero-order valence-corrected chi connectivity index (χ0v) is 13.4. The number of anilines is 2. The van der Waals surface area contributed by atoms with E-state index < -0.39 is 16.0 Å². The third-order valence-electron chi connectivity index (χ3n) is 2.88. The van der Waals surface area contributed by atoms with Crippen molar-refractivity contribution in [3.8, 4) is 0 Å². The first-order valence-electron chi connectivity index (χ1n) is 6.13. The molecule has 0 amide bonds. The second kappa shape index (κ2) is 5.90. The molecule has 0 unspecified atom stereocenters. The quantitative estimate of drug-likeness (QED) is 0.772. The number of aromatic nitrogens is 1. The number of hydrogen-bond donors (Lipinski definition) is 3. The largest absolute Gasteiger partial charge is 0.477 e. The molecular formula is C13H14ClN3O4S. The van der Waals surface area contributed by atoms with Crippen LogP contribution in [0.3, 0.4) is 0 Å². The van der Waals surface area contributed by atoms with Crippen LogP contribution in [-0.4, -0.2) is 38.6 Å². The van der Waals surface area contributed by atoms with Crippen molar-refractivity contribution in [3.05, 3.63) is 41.2 Å². The summed E-state index contributed by atoms with van der Waals surface area (Å²) in [6.45, 7) is 0. The Morgan fingerprint density at radius 3 is 2.59 bits per heavy atom. The highest BCUT2D eigenvalue weighted by Gasteiger charge is 2.20. The summed E-state index contributed by atoms with van der Waals surface area (Å²) < 4.78 is 27.1. The summed E-state index contributed by atoms with van der Waals surface area (Å²) in [6, 6.07) is 5.88. The average molecular weight is 344 g/mol. The lowest BCUT2D eigenvalue weighted by Crippen LogP contribution is -2.17. The molecule has 0 fully saturated rings. The molecule has 0 atom stereocenters. The molecule has 0 saturated carbocycles. The zero-order chi connectivity index (χ0) is 16.5. The standard InChI is InChI=1S/C13H14ClN3O4S/c1-17(2)12-9(14)4-3-5-10(12)16-22(20,21)8-6-11(13(18)19)15-7-8/h3-7,15-16H,1-2H3,(H,18,19). The van der Waals surface area contributed by atoms with Crippen LogP contribution in [0.25, 0.3) is 0 Å². The highest BCUT2D eigenvalue weighted by molar-refractivity contribution is 7.92. The molecule has 0 aliphatic carbocycles. The minimum atomic E-state index is -3.93. The first-order chi connectivity index (χ1) is 10.2. The number of H-pyrrole nitrogens is 1. The van der Waals surface area contributed by atoms with Crippen LogP contribution in [-0.2, 0) is 10.0 Å². The Bertz CT molecular complexity index is 814. The van der Waals surface area contributed by atoms with Crippen molar-refractivity contribution >= 4 is 39.0 Å². The smallest absolute Gasteiger partial charge is 0.352 e. The van der Waals surface area contributed by atoms with Gasteiger partial charge in [0.2, 0.25) is 0 Å². The Hall–Kier alpha value is -2.19. The number of carbonyl (C=O) groups is 1. The number of carboxylic acid groups (broad SMARTS) is 1. The SMILES string of the molecule is CN(C)c1c(Cl)cccc1NS(=O)(=O)c1c[nH]c(C(=O)O)c1. The molecule has 2 aromatic rings. The molecule has 0 spiro atoms. The van der Waals surface area contributed by atoms with Gasteiger partial charge in [-0.2, -0.15) is 0 Å². The number of rotatable bonds is 5. The summed E-state index contributed by atoms with van der Waals surface area (Å²) in [5.41, 5.74) is 0.608. The Morgan fingerprint density at radius 1 is 1.36 bits per heavy atom. The number of aromatic carboxylic acids is 1. The lowest BCUT2D eigenvalue weighted by Gasteiger charge is -2.19. The topological polar surface area (TPSA) is 103 Å². The van der Waals surface area contributed by atoms with E-state index in [0.29, 0.717) is 16.4 Å². The number of aromatic amines is 1. The van der Waals surface area contributed by atoms with Crippen molar-refractivity contribution < 1.29 is 18.3 Å². The number of benzene rings is 1. The van der Waals surface area contributed by atoms with E-state index in [0.717, 1.165) is 12.3 Å². The first kappa shape index (κ1) is 16.2. The van der Waals surface area contributed by atoms with Gasteiger partial charge in [0.15, 0.2) is 0 Å². The average Bonchev–Trinajstić information content (AvgIpc) is 2.88. The van der Waals surface area contributed by atoms with E-state index in [1.165, 1.54) is 0 Å². The van der Waals surface area contributed by atoms with Crippen LogP contribution in [0.1, 0.15) is 10.5 Å². The highest BCUT2D eigenvalue weighted by Crippen LogP contribution is 2.33. The Morgan fingerprint density at radius 2 is 2.05 bits per heavy atom. The summed E-state index contributed by atoms with van der Waals surface area (Å²) in [5.74, 6) is -1.24. The molecule has 1 heterocycles. The molecule has 2 rings (SSSR count). The monoisotopic (exact) mass is 343 g/mol. The van der Waals surface area contributed by atoms with Gasteiger partial charge in [-0.3, -0.25) is 4.72 Å². The predicted octanol–water partition coefficient (Wildman–Crippen LogP) is 2.23. The molecule has 9 heteroatoms. The third kappa shape index (κ3) is 3.18. The number of nitrogens with one attached hydrogen (secondary N) is 2. The van der Waals surface area contributed by atoms with Gasteiger partial charge in [0.1, 0.15) is 10.6 Å². The molecule has 7 nitrogen and oxygen atoms in total. The van der Waals surface area contributed by atoms with Crippen LogP contribution >= 0.6 is 11.6 Å². The molecule has 0 radical (unpaired) electrons. The maximum atomic E-state index is 12.3. The molecule has 0 aliphatic heterocycles. The van der Waals surface area contributed by atoms with Gasteiger partial charge < -0.3 is 15.0 Å². The lowest BCUT2D eigenvalue weighted by molar-refractivity contribution is 0.0691. The third-order valence-corrected chi connectivity index (χ3v) is 4.53. The normalized spacial score (nSPS) is 11.2. The molecule has 118 valence electrons. The van der Waals surface area contributed by atoms with Gasteiger partial charge in [0.25, 0.3) is 10.0 Å². The minimum absolute atomic E-state index is 0.172. The molecule has 3 N–H and O–H groups in total. The molecule has 22 heavy (non-hydrogen) atoms. The van der Waals surface area contributed by atoms with Crippen LogP contribution in [0.5, 0.6) is 0 Å². The summed E-state index contributed by atoms with van der Waals surface area (Å²) in [5, 5.41) is 9.23. The first-order valence-corrected chi connectivity index (χ1v) is 7.99. The summed E-state index contributed by atoms with van der Waals surface area (Å²) >= 11 is 6.08. The van der Waals surface area contributed by atoms with Gasteiger partial charge in [-0.1, -0.05) is 17.7 Å². The van der Waals surface area contributed by atoms with Gasteiger partial charge in [-0.25, -0.2) is 13.2 Å². The highest BCUT2D eigenvalue weighted by atomic mass is 35.5. The second-order valence-electron chi connectivity index (χ2n) is 4.69. The Balaban J connectivity index is 2.41. The van der Waals surface area contributed by atoms with Gasteiger partial charge in [-0.15, -0.1) is 0 Å². The van der Waals surface area contributed by atoms with Crippen LogP contribution in [0.4, 0.5) is 11.4 Å². The van der Waals surface area contributed by atoms with Gasteiger partial charge in [0, 0.05) is 20.3 Å². The van der Waals surface area contributed by atoms with E-state index in [-0.39, 0.29) is 10.6 Å². The van der Waals surface area contributed by atoms with Gasteiger partial charge in [0.05, 0.1) is 16.4 Å². The number of carboxylic acids is 1. The summed E-state index contributed by atoms with van der Waals surface area (Å²) in [7, 11) is -0.461. The summed E-state index contributed by atoms with van der Waals surface area (Å²) in [4.78, 5) is 14.7. The number of nitrogens with zero attached hydrogens (tertiary/aromatic N) is 1. The van der Waals surface area contributed by atoms with E-state index >= 15 is 0 Å². The fraction of sp³-hybridized carbons (Fsp3) is 0.154. The van der Waals surface area contributed by atoms with E-state index in [4.69, 9.17) is 16.7 Å². The van der Waals surface area contributed by atoms with E-state index in [1.54, 1.807) is 37.2 Å². The molecule has 0 bridgehead atoms. The van der Waals surface area contributed by atoms with Crippen molar-refractivity contribution in [2.75, 3.05) is 23.7 Å². The molecular weight excluding hydrogens is 330 g/mol. The van der Waals surface area contributed by atoms with Crippen LogP contribution in [0.15, 0.2) is 35.4 Å². The van der Waals surface area contributed by atoms with Crippen molar-refractivity contribution in [3.63, 3.8) is 0 Å². The Kier molecular flexibility index (Phi) is 4.34. The lowest BCUT2D eigenvalue weighted by atomic mass is 10.2. The molecule has 0 saturated heterocycles. The number of para-hydroxylation sites is 1. The number of halogens is 1. The Labute approximate surface area is 132 Å². The fourth-order valence-electron chi connectivity index (χ4n) is 1.91. The van der Waals surface area contributed by atoms with Crippen LogP contribution < -0.4 is 9.62 Å². The number of sulfonamides is 1. The van der Waals surface area contributed by atoms with Gasteiger partial charge >= 0.3 is 5.97 Å². The van der Waals surface area contributed by atoms with Crippen molar-refractivity contribution in [2.45, 2.75) is 4.90 Å². The van der Waals surface area contributed by atoms with E-state index in [9.17, 15) is 13.2 Å². The van der Waals surface area contributed by atoms with Crippen molar-refractivity contribution in [1.29, 1.82) is 0 Å². The van der Waals surface area contributed by atoms with E-state index in [2.05, 4.69) is 9.71 Å². The molecule has 1 aromatic heterocycles. The van der Waals surface area contributed by atoms with Crippen molar-refractivity contribution in [2.24, 2.45) is 0 Å². The van der Waals surface area contributed by atoms with Crippen LogP contribution in [0.2, 0.25) is 5.02 Å². The molecule has 0 aliphatic rings. The van der Waals surface area contributed by atoms with E-state index in [1.807, 2.05) is 0 Å². The predicted molar refractivity (Wildman–Crippen MR) is 84.3 cm³/mol. The maximum absolute atomic E-state index is 12.3. The minimum Gasteiger partial charge on any atom is -0.477 e. The molecule has 1 aromatic carbocycles. The second-order valence-corrected chi connectivity index (χ2v) is 6.78. The number of hydrogen-bond acceptors (Lipinski definition) is 4. The zero-order valence-electron chi connectivity index (χ0n) is 11.8. The van der Waals surface area contributed by atoms with Crippen molar-refractivity contribution in [1.82, 2.24) is 4.98 Å². The van der Waals surface area contributed by atoms with Gasteiger partial charge in [-0.05, 0) is 18.2 Å². The fourth-order valence-corrected chi connectivity index (χ4v) is 3.31. The van der Waals surface area contributed by atoms with Crippen LogP contribution in [0, 0.1) is 0 Å². The summed E-state index contributed by atoms with van der Waals surface area (Å²) in [6.07, 6.45) is 1.12.